The highest BCUT2D eigenvalue weighted by Crippen LogP contribution is 2.33. The normalized spacial score (nSPS) is 11.3. The molecule has 0 aliphatic heterocycles. The Morgan fingerprint density at radius 3 is 2.70 bits per heavy atom. The lowest BCUT2D eigenvalue weighted by molar-refractivity contribution is 0.404. The molecule has 0 saturated carbocycles. The summed E-state index contributed by atoms with van der Waals surface area (Å²) in [6.45, 7) is 0. The van der Waals surface area contributed by atoms with Gasteiger partial charge in [-0.3, -0.25) is 4.99 Å². The number of hydrogen-bond donors (Lipinski definition) is 2. The lowest BCUT2D eigenvalue weighted by Gasteiger charge is -2.06. The van der Waals surface area contributed by atoms with Crippen molar-refractivity contribution in [3.05, 3.63) is 46.4 Å². The van der Waals surface area contributed by atoms with E-state index in [1.807, 2.05) is 18.2 Å². The Morgan fingerprint density at radius 2 is 1.96 bits per heavy atom. The third-order valence-electron chi connectivity index (χ3n) is 3.50. The molecule has 118 valence electrons. The molecule has 6 heteroatoms. The summed E-state index contributed by atoms with van der Waals surface area (Å²) in [6.07, 6.45) is 1.61. The zero-order chi connectivity index (χ0) is 16.4. The van der Waals surface area contributed by atoms with Gasteiger partial charge in [0, 0.05) is 27.7 Å². The first-order valence-corrected chi connectivity index (χ1v) is 7.68. The molecule has 0 aliphatic rings. The van der Waals surface area contributed by atoms with Gasteiger partial charge in [-0.25, -0.2) is 0 Å². The fourth-order valence-electron chi connectivity index (χ4n) is 2.33. The van der Waals surface area contributed by atoms with Crippen molar-refractivity contribution in [2.45, 2.75) is 0 Å². The number of halogens is 1. The van der Waals surface area contributed by atoms with Gasteiger partial charge in [0.05, 0.1) is 19.8 Å². The van der Waals surface area contributed by atoms with Gasteiger partial charge < -0.3 is 19.6 Å². The lowest BCUT2D eigenvalue weighted by atomic mass is 10.2. The molecule has 0 radical (unpaired) electrons. The van der Waals surface area contributed by atoms with E-state index in [0.717, 1.165) is 15.4 Å². The van der Waals surface area contributed by atoms with Crippen LogP contribution in [0.15, 0.2) is 45.9 Å². The van der Waals surface area contributed by atoms with Crippen LogP contribution < -0.4 is 9.47 Å². The van der Waals surface area contributed by atoms with Crippen LogP contribution in [-0.2, 0) is 0 Å². The summed E-state index contributed by atoms with van der Waals surface area (Å²) in [5.41, 5.74) is 2.08. The van der Waals surface area contributed by atoms with Crippen LogP contribution in [0.25, 0.3) is 10.9 Å². The minimum Gasteiger partial charge on any atom is -0.497 e. The molecule has 1 aromatic heterocycles. The average Bonchev–Trinajstić information content (AvgIpc) is 2.87. The van der Waals surface area contributed by atoms with E-state index in [9.17, 15) is 5.11 Å². The molecular weight excluding hydrogens is 360 g/mol. The second-order valence-corrected chi connectivity index (χ2v) is 5.79. The van der Waals surface area contributed by atoms with E-state index < -0.39 is 0 Å². The van der Waals surface area contributed by atoms with E-state index in [-0.39, 0.29) is 5.88 Å². The number of ether oxygens (including phenoxy) is 2. The van der Waals surface area contributed by atoms with Gasteiger partial charge in [-0.15, -0.1) is 0 Å². The highest BCUT2D eigenvalue weighted by atomic mass is 79.9. The number of H-pyrrole nitrogens is 1. The molecule has 0 aliphatic carbocycles. The van der Waals surface area contributed by atoms with Crippen LogP contribution in [0.4, 0.5) is 5.69 Å². The van der Waals surface area contributed by atoms with E-state index in [4.69, 9.17) is 9.47 Å². The topological polar surface area (TPSA) is 66.8 Å². The van der Waals surface area contributed by atoms with Gasteiger partial charge in [-0.2, -0.15) is 0 Å². The summed E-state index contributed by atoms with van der Waals surface area (Å²) in [4.78, 5) is 7.37. The Hall–Kier alpha value is -2.47. The number of aromatic hydroxyl groups is 1. The molecule has 23 heavy (non-hydrogen) atoms. The molecule has 2 aromatic carbocycles. The number of aromatic amines is 1. The highest BCUT2D eigenvalue weighted by Gasteiger charge is 2.10. The smallest absolute Gasteiger partial charge is 0.198 e. The summed E-state index contributed by atoms with van der Waals surface area (Å²) in [7, 11) is 3.18. The predicted octanol–water partition coefficient (Wildman–Crippen LogP) is 4.40. The molecule has 3 aromatic rings. The summed E-state index contributed by atoms with van der Waals surface area (Å²) >= 11 is 3.44. The highest BCUT2D eigenvalue weighted by molar-refractivity contribution is 9.10. The number of fused-ring (bicyclic) bond motifs is 1. The minimum atomic E-state index is 0.0729. The SMILES string of the molecule is COc1ccc(OC)c(N=Cc2c(O)[nH]c3ccc(Br)cc23)c1. The second-order valence-electron chi connectivity index (χ2n) is 4.87. The summed E-state index contributed by atoms with van der Waals surface area (Å²) in [5.74, 6) is 1.38. The number of nitrogens with zero attached hydrogens (tertiary/aromatic N) is 1. The zero-order valence-electron chi connectivity index (χ0n) is 12.6. The molecule has 0 atom stereocenters. The standard InChI is InChI=1S/C17H15BrN2O3/c1-22-11-4-6-16(23-2)15(8-11)19-9-13-12-7-10(18)3-5-14(12)20-17(13)21/h3-9,20-21H,1-2H3. The molecule has 1 heterocycles. The van der Waals surface area contributed by atoms with Crippen molar-refractivity contribution in [3.8, 4) is 17.4 Å². The minimum absolute atomic E-state index is 0.0729. The molecule has 0 saturated heterocycles. The van der Waals surface area contributed by atoms with Gasteiger partial charge in [-0.1, -0.05) is 15.9 Å². The van der Waals surface area contributed by atoms with Gasteiger partial charge in [0.15, 0.2) is 5.88 Å². The first-order valence-electron chi connectivity index (χ1n) is 6.88. The average molecular weight is 375 g/mol. The first kappa shape index (κ1) is 15.4. The van der Waals surface area contributed by atoms with Crippen molar-refractivity contribution in [1.82, 2.24) is 4.98 Å². The molecule has 0 unspecified atom stereocenters. The van der Waals surface area contributed by atoms with Crippen LogP contribution in [-0.4, -0.2) is 30.5 Å². The maximum atomic E-state index is 10.1. The van der Waals surface area contributed by atoms with Gasteiger partial charge in [0.1, 0.15) is 17.2 Å². The van der Waals surface area contributed by atoms with Crippen molar-refractivity contribution >= 4 is 38.7 Å². The Balaban J connectivity index is 2.06. The number of hydrogen-bond acceptors (Lipinski definition) is 4. The van der Waals surface area contributed by atoms with Gasteiger partial charge >= 0.3 is 0 Å². The third kappa shape index (κ3) is 3.03. The molecule has 0 bridgehead atoms. The number of nitrogens with one attached hydrogen (secondary N) is 1. The Kier molecular flexibility index (Phi) is 4.25. The Bertz CT molecular complexity index is 887. The van der Waals surface area contributed by atoms with Crippen LogP contribution in [0.5, 0.6) is 17.4 Å². The summed E-state index contributed by atoms with van der Waals surface area (Å²) < 4.78 is 11.4. The summed E-state index contributed by atoms with van der Waals surface area (Å²) in [6, 6.07) is 11.1. The van der Waals surface area contributed by atoms with Crippen molar-refractivity contribution in [2.75, 3.05) is 14.2 Å². The van der Waals surface area contributed by atoms with E-state index in [2.05, 4.69) is 25.9 Å². The molecule has 5 nitrogen and oxygen atoms in total. The second kappa shape index (κ2) is 6.34. The van der Waals surface area contributed by atoms with Gasteiger partial charge in [-0.05, 0) is 30.3 Å². The first-order chi connectivity index (χ1) is 11.1. The van der Waals surface area contributed by atoms with Crippen LogP contribution in [0, 0.1) is 0 Å². The van der Waals surface area contributed by atoms with Crippen LogP contribution in [0.2, 0.25) is 0 Å². The number of aliphatic imine (C=N–C) groups is 1. The molecule has 2 N–H and O–H groups in total. The monoisotopic (exact) mass is 374 g/mol. The molecule has 0 spiro atoms. The van der Waals surface area contributed by atoms with Gasteiger partial charge in [0.25, 0.3) is 0 Å². The van der Waals surface area contributed by atoms with E-state index in [0.29, 0.717) is 22.7 Å². The van der Waals surface area contributed by atoms with Crippen molar-refractivity contribution < 1.29 is 14.6 Å². The quantitative estimate of drug-likeness (QED) is 0.664. The maximum Gasteiger partial charge on any atom is 0.198 e. The largest absolute Gasteiger partial charge is 0.497 e. The van der Waals surface area contributed by atoms with E-state index >= 15 is 0 Å². The Morgan fingerprint density at radius 1 is 1.13 bits per heavy atom. The van der Waals surface area contributed by atoms with Crippen molar-refractivity contribution in [2.24, 2.45) is 4.99 Å². The van der Waals surface area contributed by atoms with E-state index in [1.165, 1.54) is 0 Å². The van der Waals surface area contributed by atoms with Crippen LogP contribution in [0.3, 0.4) is 0 Å². The fourth-order valence-corrected chi connectivity index (χ4v) is 2.69. The third-order valence-corrected chi connectivity index (χ3v) is 3.99. The fraction of sp³-hybridized carbons (Fsp3) is 0.118. The molecule has 0 amide bonds. The van der Waals surface area contributed by atoms with Crippen LogP contribution in [0.1, 0.15) is 5.56 Å². The van der Waals surface area contributed by atoms with Crippen molar-refractivity contribution in [3.63, 3.8) is 0 Å². The number of benzene rings is 2. The Labute approximate surface area is 141 Å². The zero-order valence-corrected chi connectivity index (χ0v) is 14.2. The lowest BCUT2D eigenvalue weighted by Crippen LogP contribution is -1.87. The number of aromatic nitrogens is 1. The molecular formula is C17H15BrN2O3. The van der Waals surface area contributed by atoms with E-state index in [1.54, 1.807) is 38.6 Å². The predicted molar refractivity (Wildman–Crippen MR) is 94.5 cm³/mol. The van der Waals surface area contributed by atoms with Crippen LogP contribution >= 0.6 is 15.9 Å². The molecule has 3 rings (SSSR count). The maximum absolute atomic E-state index is 10.1. The summed E-state index contributed by atoms with van der Waals surface area (Å²) in [5, 5.41) is 11.0. The van der Waals surface area contributed by atoms with Crippen molar-refractivity contribution in [1.29, 1.82) is 0 Å². The number of rotatable bonds is 4. The number of methoxy groups -OCH3 is 2. The van der Waals surface area contributed by atoms with Gasteiger partial charge in [0.2, 0.25) is 0 Å². The molecule has 0 fully saturated rings.